The number of nitrogens with zero attached hydrogens (tertiary/aromatic N) is 2. The van der Waals surface area contributed by atoms with Gasteiger partial charge >= 0.3 is 6.09 Å². The number of carbonyl (C=O) groups is 1. The monoisotopic (exact) mass is 206 g/mol. The Morgan fingerprint density at radius 3 is 2.73 bits per heavy atom. The van der Waals surface area contributed by atoms with Crippen LogP contribution in [0.25, 0.3) is 0 Å². The van der Waals surface area contributed by atoms with Crippen LogP contribution in [0.3, 0.4) is 0 Å². The Morgan fingerprint density at radius 1 is 1.47 bits per heavy atom. The first-order valence-electron chi connectivity index (χ1n) is 4.65. The van der Waals surface area contributed by atoms with Gasteiger partial charge in [0, 0.05) is 6.20 Å². The molecule has 0 unspecified atom stereocenters. The molecule has 0 bridgehead atoms. The molecule has 0 aromatic carbocycles. The first-order valence-corrected chi connectivity index (χ1v) is 4.65. The van der Waals surface area contributed by atoms with E-state index in [0.29, 0.717) is 5.69 Å². The fraction of sp³-hybridized carbons (Fsp3) is 0.364. The van der Waals surface area contributed by atoms with Crippen molar-refractivity contribution in [2.75, 3.05) is 0 Å². The minimum Gasteiger partial charge on any atom is -0.442 e. The lowest BCUT2D eigenvalue weighted by atomic mass is 10.2. The molecule has 1 aromatic rings. The molecule has 1 amide bonds. The summed E-state index contributed by atoms with van der Waals surface area (Å²) in [5, 5.41) is 0. The molecule has 0 spiro atoms. The van der Waals surface area contributed by atoms with Crippen LogP contribution in [0.2, 0.25) is 0 Å². The topological polar surface area (TPSA) is 51.5 Å². The summed E-state index contributed by atoms with van der Waals surface area (Å²) in [6, 6.07) is 5.38. The number of pyridine rings is 1. The number of aromatic nitrogens is 1. The normalized spacial score (nSPS) is 11.7. The summed E-state index contributed by atoms with van der Waals surface area (Å²) in [7, 11) is 0. The summed E-state index contributed by atoms with van der Waals surface area (Å²) in [4.78, 5) is 18.8. The quantitative estimate of drug-likeness (QED) is 0.663. The van der Waals surface area contributed by atoms with Crippen molar-refractivity contribution in [3.8, 4) is 0 Å². The predicted molar refractivity (Wildman–Crippen MR) is 58.1 cm³/mol. The van der Waals surface area contributed by atoms with E-state index in [1.165, 1.54) is 6.21 Å². The Labute approximate surface area is 89.0 Å². The van der Waals surface area contributed by atoms with Gasteiger partial charge in [-0.15, -0.1) is 0 Å². The van der Waals surface area contributed by atoms with E-state index in [-0.39, 0.29) is 0 Å². The summed E-state index contributed by atoms with van der Waals surface area (Å²) in [6.45, 7) is 5.38. The third-order valence-corrected chi connectivity index (χ3v) is 1.38. The summed E-state index contributed by atoms with van der Waals surface area (Å²) in [5.41, 5.74) is 0.113. The van der Waals surface area contributed by atoms with Gasteiger partial charge in [-0.05, 0) is 32.9 Å². The molecular weight excluding hydrogens is 192 g/mol. The molecule has 0 saturated heterocycles. The van der Waals surface area contributed by atoms with E-state index in [0.717, 1.165) is 0 Å². The molecule has 1 heterocycles. The minimum atomic E-state index is -0.604. The Morgan fingerprint density at radius 2 is 2.20 bits per heavy atom. The molecule has 1 rings (SSSR count). The summed E-state index contributed by atoms with van der Waals surface area (Å²) >= 11 is 0. The van der Waals surface area contributed by atoms with Gasteiger partial charge in [0.2, 0.25) is 0 Å². The number of amides is 1. The highest BCUT2D eigenvalue weighted by Gasteiger charge is 2.14. The van der Waals surface area contributed by atoms with Crippen LogP contribution in [0.4, 0.5) is 4.79 Å². The van der Waals surface area contributed by atoms with Crippen molar-refractivity contribution in [1.82, 2.24) is 4.98 Å². The minimum absolute atomic E-state index is 0.515. The van der Waals surface area contributed by atoms with E-state index in [1.807, 2.05) is 6.07 Å². The van der Waals surface area contributed by atoms with Gasteiger partial charge in [-0.3, -0.25) is 4.98 Å². The van der Waals surface area contributed by atoms with Gasteiger partial charge in [-0.25, -0.2) is 4.79 Å². The third-order valence-electron chi connectivity index (χ3n) is 1.38. The third kappa shape index (κ3) is 4.90. The highest BCUT2D eigenvalue weighted by atomic mass is 16.6. The molecule has 0 fully saturated rings. The van der Waals surface area contributed by atoms with Crippen molar-refractivity contribution in [2.24, 2.45) is 4.99 Å². The fourth-order valence-corrected chi connectivity index (χ4v) is 0.859. The van der Waals surface area contributed by atoms with Crippen LogP contribution < -0.4 is 0 Å². The second-order valence-corrected chi connectivity index (χ2v) is 3.99. The van der Waals surface area contributed by atoms with Gasteiger partial charge in [0.15, 0.2) is 0 Å². The van der Waals surface area contributed by atoms with Crippen LogP contribution in [0.15, 0.2) is 29.4 Å². The number of rotatable bonds is 1. The van der Waals surface area contributed by atoms with Gasteiger partial charge in [-0.1, -0.05) is 6.07 Å². The molecule has 0 N–H and O–H groups in total. The molecule has 15 heavy (non-hydrogen) atoms. The molecular formula is C11H14N2O2. The lowest BCUT2D eigenvalue weighted by molar-refractivity contribution is 0.0605. The van der Waals surface area contributed by atoms with Crippen molar-refractivity contribution in [1.29, 1.82) is 0 Å². The second-order valence-electron chi connectivity index (χ2n) is 3.99. The predicted octanol–water partition coefficient (Wildman–Crippen LogP) is 2.44. The highest BCUT2D eigenvalue weighted by molar-refractivity contribution is 5.87. The Hall–Kier alpha value is -1.71. The number of aliphatic imine (C=N–C) groups is 1. The van der Waals surface area contributed by atoms with Crippen molar-refractivity contribution in [3.05, 3.63) is 30.1 Å². The van der Waals surface area contributed by atoms with Gasteiger partial charge < -0.3 is 4.74 Å². The van der Waals surface area contributed by atoms with E-state index in [4.69, 9.17) is 4.74 Å². The van der Waals surface area contributed by atoms with E-state index in [1.54, 1.807) is 39.1 Å². The van der Waals surface area contributed by atoms with Crippen LogP contribution in [0.1, 0.15) is 26.5 Å². The first kappa shape index (κ1) is 11.4. The molecule has 80 valence electrons. The summed E-state index contributed by atoms with van der Waals surface area (Å²) < 4.78 is 4.99. The number of hydrogen-bond donors (Lipinski definition) is 0. The van der Waals surface area contributed by atoms with Crippen molar-refractivity contribution < 1.29 is 9.53 Å². The standard InChI is InChI=1S/C11H14N2O2/c1-11(2,3)15-10(14)13-8-9-6-4-5-7-12-9/h4-8H,1-3H3/b13-8+. The van der Waals surface area contributed by atoms with Crippen molar-refractivity contribution in [2.45, 2.75) is 26.4 Å². The maximum absolute atomic E-state index is 11.2. The average molecular weight is 206 g/mol. The summed E-state index contributed by atoms with van der Waals surface area (Å²) in [6.07, 6.45) is 2.41. The summed E-state index contributed by atoms with van der Waals surface area (Å²) in [5.74, 6) is 0. The SMILES string of the molecule is CC(C)(C)OC(=O)/N=C/c1ccccn1. The number of ether oxygens (including phenoxy) is 1. The molecule has 1 aromatic heterocycles. The second kappa shape index (κ2) is 4.68. The smallest absolute Gasteiger partial charge is 0.434 e. The van der Waals surface area contributed by atoms with Gasteiger partial charge in [-0.2, -0.15) is 4.99 Å². The van der Waals surface area contributed by atoms with Crippen LogP contribution in [-0.4, -0.2) is 22.9 Å². The maximum Gasteiger partial charge on any atom is 0.434 e. The first-order chi connectivity index (χ1) is 6.97. The van der Waals surface area contributed by atoms with Gasteiger partial charge in [0.05, 0.1) is 11.9 Å². The lowest BCUT2D eigenvalue weighted by Gasteiger charge is -2.16. The van der Waals surface area contributed by atoms with Crippen LogP contribution in [-0.2, 0) is 4.74 Å². The van der Waals surface area contributed by atoms with Gasteiger partial charge in [0.25, 0.3) is 0 Å². The molecule has 0 aliphatic carbocycles. The van der Waals surface area contributed by atoms with E-state index < -0.39 is 11.7 Å². The molecule has 0 aliphatic heterocycles. The van der Waals surface area contributed by atoms with E-state index in [2.05, 4.69) is 9.98 Å². The Bertz CT molecular complexity index is 353. The van der Waals surface area contributed by atoms with Gasteiger partial charge in [0.1, 0.15) is 5.60 Å². The molecule has 0 aliphatic rings. The van der Waals surface area contributed by atoms with Crippen LogP contribution in [0.5, 0.6) is 0 Å². The largest absolute Gasteiger partial charge is 0.442 e. The average Bonchev–Trinajstić information content (AvgIpc) is 2.14. The zero-order valence-corrected chi connectivity index (χ0v) is 9.10. The molecule has 0 saturated carbocycles. The zero-order valence-electron chi connectivity index (χ0n) is 9.10. The van der Waals surface area contributed by atoms with E-state index >= 15 is 0 Å². The molecule has 4 nitrogen and oxygen atoms in total. The lowest BCUT2D eigenvalue weighted by Crippen LogP contribution is -2.21. The Balaban J connectivity index is 2.56. The van der Waals surface area contributed by atoms with E-state index in [9.17, 15) is 4.79 Å². The fourth-order valence-electron chi connectivity index (χ4n) is 0.859. The van der Waals surface area contributed by atoms with Crippen LogP contribution >= 0.6 is 0 Å². The molecule has 0 atom stereocenters. The molecule has 0 radical (unpaired) electrons. The number of hydrogen-bond acceptors (Lipinski definition) is 3. The van der Waals surface area contributed by atoms with Crippen LogP contribution in [0, 0.1) is 0 Å². The Kier molecular flexibility index (Phi) is 3.55. The maximum atomic E-state index is 11.2. The zero-order chi connectivity index (χ0) is 11.3. The molecule has 4 heteroatoms. The highest BCUT2D eigenvalue weighted by Crippen LogP contribution is 2.07. The number of carbonyl (C=O) groups excluding carboxylic acids is 1. The van der Waals surface area contributed by atoms with Crippen molar-refractivity contribution in [3.63, 3.8) is 0 Å². The van der Waals surface area contributed by atoms with Crippen molar-refractivity contribution >= 4 is 12.3 Å².